The molecule has 0 spiro atoms. The zero-order valence-corrected chi connectivity index (χ0v) is 18.5. The van der Waals surface area contributed by atoms with Crippen molar-refractivity contribution in [3.63, 3.8) is 0 Å². The highest BCUT2D eigenvalue weighted by atomic mass is 15.3. The monoisotopic (exact) mass is 404 g/mol. The molecule has 1 N–H and O–H groups in total. The van der Waals surface area contributed by atoms with Crippen LogP contribution >= 0.6 is 0 Å². The van der Waals surface area contributed by atoms with Gasteiger partial charge in [0.25, 0.3) is 0 Å². The van der Waals surface area contributed by atoms with Crippen LogP contribution in [0.1, 0.15) is 41.3 Å². The Hall–Kier alpha value is -2.73. The molecule has 0 radical (unpaired) electrons. The molecule has 1 aliphatic heterocycles. The first kappa shape index (κ1) is 20.5. The Morgan fingerprint density at radius 1 is 1.03 bits per heavy atom. The van der Waals surface area contributed by atoms with Crippen LogP contribution in [0.5, 0.6) is 0 Å². The molecular weight excluding hydrogens is 372 g/mol. The predicted octanol–water partition coefficient (Wildman–Crippen LogP) is 4.08. The van der Waals surface area contributed by atoms with Gasteiger partial charge in [-0.15, -0.1) is 0 Å². The minimum absolute atomic E-state index is 0.696. The number of aromatic nitrogens is 4. The molecule has 6 heteroatoms. The topological polar surface area (TPSA) is 58.9 Å². The molecule has 6 nitrogen and oxygen atoms in total. The summed E-state index contributed by atoms with van der Waals surface area (Å²) < 4.78 is 2.04. The third-order valence-corrected chi connectivity index (χ3v) is 5.92. The molecule has 1 saturated heterocycles. The van der Waals surface area contributed by atoms with Crippen molar-refractivity contribution in [2.45, 2.75) is 46.6 Å². The Kier molecular flexibility index (Phi) is 6.13. The standard InChI is InChI=1S/C24H32N6/c1-17-12-18(2)30(28-17)23-7-5-6-21(14-23)16-29-10-8-20(9-11-29)13-22-15-24(25-4)27-19(3)26-22/h5-7,12,14-15,20H,8-11,13,16H2,1-4H3,(H,25,26,27). The molecule has 0 unspecified atom stereocenters. The van der Waals surface area contributed by atoms with Gasteiger partial charge in [-0.05, 0) is 82.8 Å². The van der Waals surface area contributed by atoms with E-state index in [0.29, 0.717) is 5.92 Å². The summed E-state index contributed by atoms with van der Waals surface area (Å²) in [6.45, 7) is 9.38. The van der Waals surface area contributed by atoms with Crippen LogP contribution in [-0.4, -0.2) is 44.8 Å². The second kappa shape index (κ2) is 8.96. The van der Waals surface area contributed by atoms with Crippen molar-refractivity contribution in [2.24, 2.45) is 5.92 Å². The molecule has 1 aliphatic rings. The molecule has 0 atom stereocenters. The predicted molar refractivity (Wildman–Crippen MR) is 121 cm³/mol. The van der Waals surface area contributed by atoms with Crippen LogP contribution in [-0.2, 0) is 13.0 Å². The first-order valence-electron chi connectivity index (χ1n) is 10.9. The van der Waals surface area contributed by atoms with E-state index < -0.39 is 0 Å². The first-order chi connectivity index (χ1) is 14.5. The maximum absolute atomic E-state index is 4.64. The Labute approximate surface area is 179 Å². The fraction of sp³-hybridized carbons (Fsp3) is 0.458. The zero-order chi connectivity index (χ0) is 21.1. The van der Waals surface area contributed by atoms with Gasteiger partial charge in [0.1, 0.15) is 11.6 Å². The van der Waals surface area contributed by atoms with Crippen LogP contribution in [0.4, 0.5) is 5.82 Å². The average molecular weight is 405 g/mol. The highest BCUT2D eigenvalue weighted by Gasteiger charge is 2.20. The lowest BCUT2D eigenvalue weighted by Crippen LogP contribution is -2.34. The maximum Gasteiger partial charge on any atom is 0.129 e. The Bertz CT molecular complexity index is 1000. The van der Waals surface area contributed by atoms with E-state index in [0.717, 1.165) is 54.8 Å². The molecule has 1 fully saturated rings. The highest BCUT2D eigenvalue weighted by molar-refractivity contribution is 5.37. The molecule has 0 saturated carbocycles. The molecule has 3 aromatic rings. The van der Waals surface area contributed by atoms with E-state index in [2.05, 4.69) is 68.6 Å². The molecule has 158 valence electrons. The SMILES string of the molecule is CNc1cc(CC2CCN(Cc3cccc(-n4nc(C)cc4C)c3)CC2)nc(C)n1. The van der Waals surface area contributed by atoms with E-state index in [4.69, 9.17) is 0 Å². The van der Waals surface area contributed by atoms with Crippen LogP contribution in [0.2, 0.25) is 0 Å². The number of nitrogens with one attached hydrogen (secondary N) is 1. The molecule has 0 bridgehead atoms. The van der Waals surface area contributed by atoms with E-state index >= 15 is 0 Å². The molecule has 0 amide bonds. The van der Waals surface area contributed by atoms with Gasteiger partial charge in [-0.3, -0.25) is 4.90 Å². The van der Waals surface area contributed by atoms with Crippen molar-refractivity contribution in [2.75, 3.05) is 25.5 Å². The quantitative estimate of drug-likeness (QED) is 0.671. The zero-order valence-electron chi connectivity index (χ0n) is 18.5. The van der Waals surface area contributed by atoms with Crippen molar-refractivity contribution >= 4 is 5.82 Å². The minimum Gasteiger partial charge on any atom is -0.373 e. The van der Waals surface area contributed by atoms with E-state index in [-0.39, 0.29) is 0 Å². The van der Waals surface area contributed by atoms with Gasteiger partial charge in [-0.1, -0.05) is 12.1 Å². The van der Waals surface area contributed by atoms with Crippen LogP contribution in [0.25, 0.3) is 5.69 Å². The highest BCUT2D eigenvalue weighted by Crippen LogP contribution is 2.24. The molecule has 1 aromatic carbocycles. The fourth-order valence-electron chi connectivity index (χ4n) is 4.44. The van der Waals surface area contributed by atoms with Crippen molar-refractivity contribution in [3.8, 4) is 5.69 Å². The van der Waals surface area contributed by atoms with Gasteiger partial charge in [-0.25, -0.2) is 14.6 Å². The van der Waals surface area contributed by atoms with Crippen LogP contribution in [0, 0.1) is 26.7 Å². The summed E-state index contributed by atoms with van der Waals surface area (Å²) in [5.41, 5.74) is 5.88. The van der Waals surface area contributed by atoms with Crippen LogP contribution in [0.15, 0.2) is 36.4 Å². The van der Waals surface area contributed by atoms with Crippen molar-refractivity contribution in [1.82, 2.24) is 24.6 Å². The van der Waals surface area contributed by atoms with E-state index in [1.165, 1.54) is 24.1 Å². The number of aryl methyl sites for hydroxylation is 3. The third kappa shape index (κ3) is 4.87. The summed E-state index contributed by atoms with van der Waals surface area (Å²) in [5, 5.41) is 7.76. The van der Waals surface area contributed by atoms with Gasteiger partial charge in [0.05, 0.1) is 11.4 Å². The lowest BCUT2D eigenvalue weighted by atomic mass is 9.92. The number of benzene rings is 1. The summed E-state index contributed by atoms with van der Waals surface area (Å²) in [7, 11) is 1.91. The van der Waals surface area contributed by atoms with Gasteiger partial charge in [0.2, 0.25) is 0 Å². The molecule has 2 aromatic heterocycles. The molecule has 30 heavy (non-hydrogen) atoms. The Morgan fingerprint density at radius 3 is 2.53 bits per heavy atom. The van der Waals surface area contributed by atoms with Crippen LogP contribution < -0.4 is 5.32 Å². The second-order valence-corrected chi connectivity index (χ2v) is 8.47. The van der Waals surface area contributed by atoms with Crippen molar-refractivity contribution < 1.29 is 0 Å². The van der Waals surface area contributed by atoms with E-state index in [9.17, 15) is 0 Å². The van der Waals surface area contributed by atoms with Gasteiger partial charge in [-0.2, -0.15) is 5.10 Å². The number of piperidine rings is 1. The molecular formula is C24H32N6. The van der Waals surface area contributed by atoms with Gasteiger partial charge in [0.15, 0.2) is 0 Å². The van der Waals surface area contributed by atoms with E-state index in [1.54, 1.807) is 0 Å². The third-order valence-electron chi connectivity index (χ3n) is 5.92. The first-order valence-corrected chi connectivity index (χ1v) is 10.9. The maximum atomic E-state index is 4.64. The summed E-state index contributed by atoms with van der Waals surface area (Å²) >= 11 is 0. The van der Waals surface area contributed by atoms with Gasteiger partial charge >= 0.3 is 0 Å². The molecule has 4 rings (SSSR count). The van der Waals surface area contributed by atoms with E-state index in [1.807, 2.05) is 25.6 Å². The lowest BCUT2D eigenvalue weighted by molar-refractivity contribution is 0.176. The smallest absolute Gasteiger partial charge is 0.129 e. The van der Waals surface area contributed by atoms with Crippen LogP contribution in [0.3, 0.4) is 0 Å². The van der Waals surface area contributed by atoms with Gasteiger partial charge < -0.3 is 5.32 Å². The number of hydrogen-bond donors (Lipinski definition) is 1. The summed E-state index contributed by atoms with van der Waals surface area (Å²) in [4.78, 5) is 11.6. The second-order valence-electron chi connectivity index (χ2n) is 8.47. The lowest BCUT2D eigenvalue weighted by Gasteiger charge is -2.32. The summed E-state index contributed by atoms with van der Waals surface area (Å²) in [6.07, 6.45) is 3.48. The van der Waals surface area contributed by atoms with Crippen molar-refractivity contribution in [3.05, 3.63) is 64.9 Å². The fourth-order valence-corrected chi connectivity index (χ4v) is 4.44. The number of rotatable bonds is 6. The largest absolute Gasteiger partial charge is 0.373 e. The number of hydrogen-bond acceptors (Lipinski definition) is 5. The number of nitrogens with zero attached hydrogens (tertiary/aromatic N) is 5. The normalized spacial score (nSPS) is 15.5. The summed E-state index contributed by atoms with van der Waals surface area (Å²) in [5.74, 6) is 2.45. The molecule has 0 aliphatic carbocycles. The molecule has 3 heterocycles. The van der Waals surface area contributed by atoms with Crippen molar-refractivity contribution in [1.29, 1.82) is 0 Å². The number of anilines is 1. The number of likely N-dealkylation sites (tertiary alicyclic amines) is 1. The average Bonchev–Trinajstić information content (AvgIpc) is 3.07. The van der Waals surface area contributed by atoms with Gasteiger partial charge in [0, 0.05) is 31.0 Å². The minimum atomic E-state index is 0.696. The Balaban J connectivity index is 1.35. The summed E-state index contributed by atoms with van der Waals surface area (Å²) in [6, 6.07) is 13.0. The Morgan fingerprint density at radius 2 is 1.83 bits per heavy atom.